The first-order valence-electron chi connectivity index (χ1n) is 6.38. The zero-order valence-corrected chi connectivity index (χ0v) is 10.7. The van der Waals surface area contributed by atoms with E-state index in [1.807, 2.05) is 0 Å². The van der Waals surface area contributed by atoms with E-state index in [-0.39, 0.29) is 5.56 Å². The fourth-order valence-electron chi connectivity index (χ4n) is 2.52. The summed E-state index contributed by atoms with van der Waals surface area (Å²) in [4.78, 5) is 22.7. The van der Waals surface area contributed by atoms with Gasteiger partial charge in [0.2, 0.25) is 5.95 Å². The van der Waals surface area contributed by atoms with Crippen LogP contribution in [0.15, 0.2) is 10.9 Å². The quantitative estimate of drug-likeness (QED) is 0.819. The lowest BCUT2D eigenvalue weighted by atomic mass is 10.0. The van der Waals surface area contributed by atoms with Crippen LogP contribution in [-0.4, -0.2) is 32.2 Å². The molecule has 96 valence electrons. The van der Waals surface area contributed by atoms with E-state index in [0.717, 1.165) is 12.5 Å². The minimum absolute atomic E-state index is 0.110. The number of aromatic nitrogens is 4. The van der Waals surface area contributed by atoms with E-state index in [1.165, 1.54) is 29.8 Å². The van der Waals surface area contributed by atoms with Crippen LogP contribution in [0.25, 0.3) is 5.78 Å². The molecule has 1 aliphatic rings. The summed E-state index contributed by atoms with van der Waals surface area (Å²) in [5.41, 5.74) is 0.589. The largest absolute Gasteiger partial charge is 0.338 e. The number of piperidine rings is 1. The molecule has 3 heterocycles. The van der Waals surface area contributed by atoms with Gasteiger partial charge in [-0.1, -0.05) is 0 Å². The van der Waals surface area contributed by atoms with Crippen LogP contribution < -0.4 is 10.5 Å². The van der Waals surface area contributed by atoms with E-state index >= 15 is 0 Å². The SMILES string of the molecule is Cc1cc(=O)n2[nH]c(N3CCCCC3C)nc2n1. The highest BCUT2D eigenvalue weighted by atomic mass is 16.1. The minimum Gasteiger partial charge on any atom is -0.338 e. The first-order valence-corrected chi connectivity index (χ1v) is 6.38. The van der Waals surface area contributed by atoms with Gasteiger partial charge in [-0.3, -0.25) is 9.89 Å². The lowest BCUT2D eigenvalue weighted by Gasteiger charge is -2.32. The van der Waals surface area contributed by atoms with E-state index < -0.39 is 0 Å². The van der Waals surface area contributed by atoms with Gasteiger partial charge < -0.3 is 4.90 Å². The molecule has 2 aromatic rings. The Morgan fingerprint density at radius 3 is 3.00 bits per heavy atom. The molecule has 1 aliphatic heterocycles. The predicted molar refractivity (Wildman–Crippen MR) is 69.0 cm³/mol. The van der Waals surface area contributed by atoms with Crippen LogP contribution >= 0.6 is 0 Å². The summed E-state index contributed by atoms with van der Waals surface area (Å²) in [6.07, 6.45) is 3.59. The van der Waals surface area contributed by atoms with Gasteiger partial charge in [-0.05, 0) is 33.1 Å². The molecule has 0 aromatic carbocycles. The molecule has 2 aromatic heterocycles. The van der Waals surface area contributed by atoms with E-state index in [1.54, 1.807) is 6.92 Å². The van der Waals surface area contributed by atoms with Crippen LogP contribution in [0.1, 0.15) is 31.9 Å². The number of rotatable bonds is 1. The van der Waals surface area contributed by atoms with Crippen molar-refractivity contribution in [1.29, 1.82) is 0 Å². The second kappa shape index (κ2) is 4.12. The molecule has 0 radical (unpaired) electrons. The normalized spacial score (nSPS) is 20.6. The maximum absolute atomic E-state index is 11.8. The number of H-pyrrole nitrogens is 1. The van der Waals surface area contributed by atoms with Gasteiger partial charge in [0.1, 0.15) is 0 Å². The Balaban J connectivity index is 2.08. The summed E-state index contributed by atoms with van der Waals surface area (Å²) < 4.78 is 1.41. The summed E-state index contributed by atoms with van der Waals surface area (Å²) >= 11 is 0. The lowest BCUT2D eigenvalue weighted by molar-refractivity contribution is 0.477. The van der Waals surface area contributed by atoms with Crippen LogP contribution in [0.3, 0.4) is 0 Å². The smallest absolute Gasteiger partial charge is 0.274 e. The van der Waals surface area contributed by atoms with Crippen LogP contribution in [0.5, 0.6) is 0 Å². The van der Waals surface area contributed by atoms with E-state index in [2.05, 4.69) is 26.9 Å². The van der Waals surface area contributed by atoms with Crippen LogP contribution in [0, 0.1) is 6.92 Å². The van der Waals surface area contributed by atoms with E-state index in [4.69, 9.17) is 0 Å². The molecule has 1 unspecified atom stereocenters. The Hall–Kier alpha value is -1.85. The van der Waals surface area contributed by atoms with Crippen molar-refractivity contribution in [3.05, 3.63) is 22.1 Å². The van der Waals surface area contributed by atoms with Crippen molar-refractivity contribution in [3.8, 4) is 0 Å². The minimum atomic E-state index is -0.110. The molecule has 0 spiro atoms. The number of nitrogens with one attached hydrogen (secondary N) is 1. The molecule has 1 fully saturated rings. The third-order valence-electron chi connectivity index (χ3n) is 3.52. The summed E-state index contributed by atoms with van der Waals surface area (Å²) in [7, 11) is 0. The maximum atomic E-state index is 11.8. The zero-order chi connectivity index (χ0) is 12.7. The first-order chi connectivity index (χ1) is 8.65. The van der Waals surface area contributed by atoms with Gasteiger partial charge >= 0.3 is 0 Å². The average Bonchev–Trinajstić information content (AvgIpc) is 2.73. The van der Waals surface area contributed by atoms with Gasteiger partial charge in [-0.25, -0.2) is 4.98 Å². The molecule has 1 saturated heterocycles. The monoisotopic (exact) mass is 247 g/mol. The van der Waals surface area contributed by atoms with Crippen molar-refractivity contribution in [2.75, 3.05) is 11.4 Å². The number of anilines is 1. The Kier molecular flexibility index (Phi) is 2.57. The molecule has 0 bridgehead atoms. The highest BCUT2D eigenvalue weighted by Gasteiger charge is 2.21. The molecule has 3 rings (SSSR count). The van der Waals surface area contributed by atoms with Gasteiger partial charge in [0, 0.05) is 24.3 Å². The Morgan fingerprint density at radius 1 is 1.39 bits per heavy atom. The molecule has 18 heavy (non-hydrogen) atoms. The van der Waals surface area contributed by atoms with E-state index in [0.29, 0.717) is 17.5 Å². The van der Waals surface area contributed by atoms with Gasteiger partial charge in [0.15, 0.2) is 0 Å². The summed E-state index contributed by atoms with van der Waals surface area (Å²) in [6.45, 7) is 4.97. The molecule has 0 saturated carbocycles. The number of aryl methyl sites for hydroxylation is 1. The lowest BCUT2D eigenvalue weighted by Crippen LogP contribution is -2.38. The van der Waals surface area contributed by atoms with Gasteiger partial charge in [0.25, 0.3) is 11.3 Å². The molecule has 1 N–H and O–H groups in total. The van der Waals surface area contributed by atoms with Crippen molar-refractivity contribution in [2.45, 2.75) is 39.2 Å². The molecule has 0 amide bonds. The molecule has 6 heteroatoms. The number of fused-ring (bicyclic) bond motifs is 1. The molecule has 0 aliphatic carbocycles. The van der Waals surface area contributed by atoms with Gasteiger partial charge in [0.05, 0.1) is 0 Å². The number of nitrogens with zero attached hydrogens (tertiary/aromatic N) is 4. The fourth-order valence-corrected chi connectivity index (χ4v) is 2.52. The van der Waals surface area contributed by atoms with Crippen molar-refractivity contribution in [3.63, 3.8) is 0 Å². The summed E-state index contributed by atoms with van der Waals surface area (Å²) in [6, 6.07) is 1.96. The summed E-state index contributed by atoms with van der Waals surface area (Å²) in [5.74, 6) is 1.20. The number of hydrogen-bond donors (Lipinski definition) is 1. The molecular formula is C12H17N5O. The van der Waals surface area contributed by atoms with Gasteiger partial charge in [-0.2, -0.15) is 9.50 Å². The van der Waals surface area contributed by atoms with Crippen LogP contribution in [0.2, 0.25) is 0 Å². The topological polar surface area (TPSA) is 66.3 Å². The average molecular weight is 247 g/mol. The molecule has 6 nitrogen and oxygen atoms in total. The van der Waals surface area contributed by atoms with Crippen molar-refractivity contribution in [2.24, 2.45) is 0 Å². The highest BCUT2D eigenvalue weighted by molar-refractivity contribution is 5.40. The Morgan fingerprint density at radius 2 is 2.22 bits per heavy atom. The second-order valence-corrected chi connectivity index (χ2v) is 4.96. The van der Waals surface area contributed by atoms with Crippen molar-refractivity contribution < 1.29 is 0 Å². The Bertz CT molecular complexity index is 629. The second-order valence-electron chi connectivity index (χ2n) is 4.96. The Labute approximate surface area is 105 Å². The molecule has 1 atom stereocenters. The highest BCUT2D eigenvalue weighted by Crippen LogP contribution is 2.21. The summed E-state index contributed by atoms with van der Waals surface area (Å²) in [5, 5.41) is 3.05. The third kappa shape index (κ3) is 1.77. The molecular weight excluding hydrogens is 230 g/mol. The van der Waals surface area contributed by atoms with Gasteiger partial charge in [-0.15, -0.1) is 0 Å². The van der Waals surface area contributed by atoms with Crippen molar-refractivity contribution in [1.82, 2.24) is 19.6 Å². The first kappa shape index (κ1) is 11.3. The van der Waals surface area contributed by atoms with E-state index in [9.17, 15) is 4.79 Å². The standard InChI is InChI=1S/C12H17N5O/c1-8-7-10(18)17-11(13-8)14-12(15-17)16-6-4-3-5-9(16)2/h7,9H,3-6H2,1-2H3,(H,13,14,15). The maximum Gasteiger partial charge on any atom is 0.274 e. The third-order valence-corrected chi connectivity index (χ3v) is 3.52. The zero-order valence-electron chi connectivity index (χ0n) is 10.7. The number of hydrogen-bond acceptors (Lipinski definition) is 4. The van der Waals surface area contributed by atoms with Crippen LogP contribution in [0.4, 0.5) is 5.95 Å². The van der Waals surface area contributed by atoms with Crippen LogP contribution in [-0.2, 0) is 0 Å². The number of aromatic amines is 1. The fraction of sp³-hybridized carbons (Fsp3) is 0.583. The van der Waals surface area contributed by atoms with Crippen molar-refractivity contribution >= 4 is 11.7 Å². The predicted octanol–water partition coefficient (Wildman–Crippen LogP) is 1.10.